The lowest BCUT2D eigenvalue weighted by Gasteiger charge is -2.21. The van der Waals surface area contributed by atoms with Crippen LogP contribution in [-0.2, 0) is 4.74 Å². The van der Waals surface area contributed by atoms with Gasteiger partial charge in [0.15, 0.2) is 0 Å². The Hall–Kier alpha value is -1.78. The van der Waals surface area contributed by atoms with Crippen molar-refractivity contribution in [1.29, 1.82) is 5.26 Å². The number of nitriles is 1. The molecule has 0 saturated carbocycles. The first kappa shape index (κ1) is 20.9. The Morgan fingerprint density at radius 3 is 2.79 bits per heavy atom. The number of ether oxygens (including phenoxy) is 1. The lowest BCUT2D eigenvalue weighted by molar-refractivity contribution is 0.205. The fourth-order valence-electron chi connectivity index (χ4n) is 3.16. The summed E-state index contributed by atoms with van der Waals surface area (Å²) in [6, 6.07) is 8.03. The van der Waals surface area contributed by atoms with Gasteiger partial charge in [-0.3, -0.25) is 4.99 Å². The number of hydrogen-bond donors (Lipinski definition) is 1. The summed E-state index contributed by atoms with van der Waals surface area (Å²) in [5.41, 5.74) is 2.19. The summed E-state index contributed by atoms with van der Waals surface area (Å²) in [5.74, 6) is 0.809. The van der Waals surface area contributed by atoms with Gasteiger partial charge in [-0.1, -0.05) is 29.3 Å². The first-order valence-corrected chi connectivity index (χ1v) is 10.6. The minimum Gasteiger partial charge on any atom is -0.383 e. The molecule has 148 valence electrons. The molecule has 0 aliphatic carbocycles. The number of nitrogens with zero attached hydrogens (tertiary/aromatic N) is 3. The number of benzene rings is 1. The van der Waals surface area contributed by atoms with Crippen molar-refractivity contribution in [2.75, 3.05) is 38.3 Å². The quantitative estimate of drug-likeness (QED) is 0.676. The standard InChI is InChI=1S/C20H22Cl2N4OS/c1-4-26(7-8-27-3)20-15(10-23)17(14-6-5-13(21)9-16(14)22)18(28-20)19-24-11-12(2)25-19/h5-6,9,12H,4,7-8,11H2,1-3H3,(H,24,25). The van der Waals surface area contributed by atoms with Crippen LogP contribution >= 0.6 is 34.5 Å². The summed E-state index contributed by atoms with van der Waals surface area (Å²) < 4.78 is 5.25. The summed E-state index contributed by atoms with van der Waals surface area (Å²) in [4.78, 5) is 7.73. The van der Waals surface area contributed by atoms with Crippen LogP contribution in [0, 0.1) is 11.3 Å². The molecule has 0 fully saturated rings. The van der Waals surface area contributed by atoms with E-state index in [1.165, 1.54) is 0 Å². The molecule has 1 aliphatic heterocycles. The van der Waals surface area contributed by atoms with Crippen LogP contribution in [-0.4, -0.2) is 45.2 Å². The highest BCUT2D eigenvalue weighted by molar-refractivity contribution is 7.19. The van der Waals surface area contributed by atoms with E-state index in [9.17, 15) is 5.26 Å². The highest BCUT2D eigenvalue weighted by Crippen LogP contribution is 2.45. The Morgan fingerprint density at radius 1 is 1.43 bits per heavy atom. The van der Waals surface area contributed by atoms with Gasteiger partial charge in [0, 0.05) is 47.4 Å². The molecular formula is C20H22Cl2N4OS. The third-order valence-electron chi connectivity index (χ3n) is 4.56. The lowest BCUT2D eigenvalue weighted by atomic mass is 10.0. The van der Waals surface area contributed by atoms with Crippen molar-refractivity contribution in [1.82, 2.24) is 5.32 Å². The van der Waals surface area contributed by atoms with Gasteiger partial charge in [-0.25, -0.2) is 0 Å². The Bertz CT molecular complexity index is 935. The second-order valence-electron chi connectivity index (χ2n) is 6.53. The maximum Gasteiger partial charge on any atom is 0.139 e. The van der Waals surface area contributed by atoms with E-state index in [-0.39, 0.29) is 6.04 Å². The number of hydrogen-bond acceptors (Lipinski definition) is 6. The molecule has 0 spiro atoms. The molecule has 28 heavy (non-hydrogen) atoms. The van der Waals surface area contributed by atoms with Gasteiger partial charge in [-0.15, -0.1) is 11.3 Å². The molecule has 0 bridgehead atoms. The number of halogens is 2. The van der Waals surface area contributed by atoms with E-state index in [0.717, 1.165) is 33.4 Å². The fourth-order valence-corrected chi connectivity index (χ4v) is 4.99. The van der Waals surface area contributed by atoms with Crippen molar-refractivity contribution in [3.8, 4) is 17.2 Å². The molecule has 0 amide bonds. The predicted octanol–water partition coefficient (Wildman–Crippen LogP) is 4.80. The molecule has 8 heteroatoms. The molecule has 1 aliphatic rings. The first-order chi connectivity index (χ1) is 13.5. The zero-order chi connectivity index (χ0) is 20.3. The summed E-state index contributed by atoms with van der Waals surface area (Å²) in [5, 5.41) is 15.4. The lowest BCUT2D eigenvalue weighted by Crippen LogP contribution is -2.27. The number of likely N-dealkylation sites (N-methyl/N-ethyl adjacent to an activating group) is 1. The zero-order valence-corrected chi connectivity index (χ0v) is 18.4. The van der Waals surface area contributed by atoms with Crippen molar-refractivity contribution in [2.45, 2.75) is 19.9 Å². The van der Waals surface area contributed by atoms with Gasteiger partial charge in [0.1, 0.15) is 16.9 Å². The molecule has 1 aromatic heterocycles. The van der Waals surface area contributed by atoms with Crippen LogP contribution in [0.3, 0.4) is 0 Å². The molecule has 5 nitrogen and oxygen atoms in total. The van der Waals surface area contributed by atoms with Crippen LogP contribution in [0.5, 0.6) is 0 Å². The van der Waals surface area contributed by atoms with Crippen LogP contribution in [0.4, 0.5) is 5.00 Å². The minimum absolute atomic E-state index is 0.260. The largest absolute Gasteiger partial charge is 0.383 e. The monoisotopic (exact) mass is 436 g/mol. The predicted molar refractivity (Wildman–Crippen MR) is 118 cm³/mol. The summed E-state index contributed by atoms with van der Waals surface area (Å²) in [7, 11) is 1.68. The van der Waals surface area contributed by atoms with E-state index in [1.807, 2.05) is 6.07 Å². The number of methoxy groups -OCH3 is 1. The van der Waals surface area contributed by atoms with Crippen molar-refractivity contribution < 1.29 is 4.74 Å². The number of rotatable bonds is 7. The normalized spacial score (nSPS) is 15.9. The third kappa shape index (κ3) is 4.13. The third-order valence-corrected chi connectivity index (χ3v) is 6.36. The van der Waals surface area contributed by atoms with Gasteiger partial charge < -0.3 is 15.0 Å². The van der Waals surface area contributed by atoms with Crippen LogP contribution in [0.25, 0.3) is 11.1 Å². The van der Waals surface area contributed by atoms with Crippen molar-refractivity contribution >= 4 is 45.4 Å². The zero-order valence-electron chi connectivity index (χ0n) is 16.1. The highest BCUT2D eigenvalue weighted by Gasteiger charge is 2.28. The van der Waals surface area contributed by atoms with Gasteiger partial charge in [0.2, 0.25) is 0 Å². The smallest absolute Gasteiger partial charge is 0.139 e. The number of nitrogens with one attached hydrogen (secondary N) is 1. The summed E-state index contributed by atoms with van der Waals surface area (Å²) in [6.45, 7) is 6.91. The van der Waals surface area contributed by atoms with Crippen LogP contribution in [0.15, 0.2) is 23.2 Å². The van der Waals surface area contributed by atoms with Crippen LogP contribution in [0.2, 0.25) is 10.0 Å². The molecule has 1 atom stereocenters. The van der Waals surface area contributed by atoms with Gasteiger partial charge in [-0.05, 0) is 26.0 Å². The molecule has 2 aromatic rings. The van der Waals surface area contributed by atoms with Crippen molar-refractivity contribution in [3.63, 3.8) is 0 Å². The van der Waals surface area contributed by atoms with E-state index in [0.29, 0.717) is 35.3 Å². The van der Waals surface area contributed by atoms with E-state index in [1.54, 1.807) is 30.6 Å². The topological polar surface area (TPSA) is 60.6 Å². The van der Waals surface area contributed by atoms with Gasteiger partial charge in [0.05, 0.1) is 23.6 Å². The average Bonchev–Trinajstić information content (AvgIpc) is 3.26. The molecule has 1 aromatic carbocycles. The van der Waals surface area contributed by atoms with E-state index >= 15 is 0 Å². The van der Waals surface area contributed by atoms with E-state index in [2.05, 4.69) is 35.1 Å². The van der Waals surface area contributed by atoms with Crippen molar-refractivity contribution in [3.05, 3.63) is 38.7 Å². The number of thiophene rings is 1. The second-order valence-corrected chi connectivity index (χ2v) is 8.37. The van der Waals surface area contributed by atoms with Crippen LogP contribution in [0.1, 0.15) is 24.3 Å². The maximum absolute atomic E-state index is 10.1. The number of amidine groups is 1. The van der Waals surface area contributed by atoms with Gasteiger partial charge in [-0.2, -0.15) is 5.26 Å². The van der Waals surface area contributed by atoms with Gasteiger partial charge >= 0.3 is 0 Å². The van der Waals surface area contributed by atoms with Crippen molar-refractivity contribution in [2.24, 2.45) is 4.99 Å². The van der Waals surface area contributed by atoms with Gasteiger partial charge in [0.25, 0.3) is 0 Å². The Morgan fingerprint density at radius 2 is 2.21 bits per heavy atom. The SMILES string of the molecule is CCN(CCOC)c1sc(C2=NCC(C)N2)c(-c2ccc(Cl)cc2Cl)c1C#N. The molecular weight excluding hydrogens is 415 g/mol. The summed E-state index contributed by atoms with van der Waals surface area (Å²) >= 11 is 14.2. The molecule has 2 heterocycles. The Kier molecular flexibility index (Phi) is 6.84. The molecule has 0 saturated heterocycles. The number of anilines is 1. The summed E-state index contributed by atoms with van der Waals surface area (Å²) in [6.07, 6.45) is 0. The van der Waals surface area contributed by atoms with E-state index in [4.69, 9.17) is 27.9 Å². The Balaban J connectivity index is 2.21. The van der Waals surface area contributed by atoms with Crippen LogP contribution < -0.4 is 10.2 Å². The van der Waals surface area contributed by atoms with E-state index < -0.39 is 0 Å². The fraction of sp³-hybridized carbons (Fsp3) is 0.400. The molecule has 0 radical (unpaired) electrons. The first-order valence-electron chi connectivity index (χ1n) is 9.07. The highest BCUT2D eigenvalue weighted by atomic mass is 35.5. The Labute approximate surface area is 179 Å². The second kappa shape index (κ2) is 9.15. The maximum atomic E-state index is 10.1. The molecule has 1 unspecified atom stereocenters. The molecule has 1 N–H and O–H groups in total. The number of aliphatic imine (C=N–C) groups is 1. The average molecular weight is 437 g/mol. The molecule has 3 rings (SSSR count). The minimum atomic E-state index is 0.260.